The number of aryl methyl sites for hydroxylation is 1. The predicted octanol–water partition coefficient (Wildman–Crippen LogP) is 3.81. The lowest BCUT2D eigenvalue weighted by atomic mass is 9.97. The number of amidine groups is 1. The first-order chi connectivity index (χ1) is 18.7. The van der Waals surface area contributed by atoms with Gasteiger partial charge in [-0.1, -0.05) is 6.08 Å². The number of hydrogen-bond acceptors (Lipinski definition) is 10. The molecule has 1 saturated heterocycles. The molecule has 10 nitrogen and oxygen atoms in total. The van der Waals surface area contributed by atoms with E-state index in [9.17, 15) is 0 Å². The Morgan fingerprint density at radius 1 is 1.18 bits per heavy atom. The Labute approximate surface area is 221 Å². The first-order valence-electron chi connectivity index (χ1n) is 12.9. The number of hydrogen-bond donors (Lipinski definition) is 1. The van der Waals surface area contributed by atoms with Crippen LogP contribution in [0, 0.1) is 6.92 Å². The Morgan fingerprint density at radius 2 is 2.13 bits per heavy atom. The van der Waals surface area contributed by atoms with Gasteiger partial charge in [-0.2, -0.15) is 0 Å². The van der Waals surface area contributed by atoms with Crippen molar-refractivity contribution in [3.8, 4) is 5.75 Å². The molecule has 0 amide bonds. The van der Waals surface area contributed by atoms with Crippen molar-refractivity contribution in [1.82, 2.24) is 15.2 Å². The van der Waals surface area contributed by atoms with E-state index in [1.165, 1.54) is 0 Å². The van der Waals surface area contributed by atoms with Gasteiger partial charge in [-0.25, -0.2) is 4.99 Å². The zero-order valence-corrected chi connectivity index (χ0v) is 21.6. The van der Waals surface area contributed by atoms with Gasteiger partial charge < -0.3 is 29.0 Å². The molecule has 5 aliphatic rings. The second-order valence-corrected chi connectivity index (χ2v) is 9.37. The number of nitrogens with zero attached hydrogens (tertiary/aromatic N) is 4. The minimum absolute atomic E-state index is 0.168. The van der Waals surface area contributed by atoms with E-state index in [4.69, 9.17) is 28.7 Å². The highest BCUT2D eigenvalue weighted by molar-refractivity contribution is 5.97. The van der Waals surface area contributed by atoms with Gasteiger partial charge in [-0.05, 0) is 50.0 Å². The van der Waals surface area contributed by atoms with Gasteiger partial charge in [0.2, 0.25) is 11.8 Å². The van der Waals surface area contributed by atoms with Gasteiger partial charge in [0.1, 0.15) is 23.5 Å². The maximum Gasteiger partial charge on any atom is 0.215 e. The van der Waals surface area contributed by atoms with Gasteiger partial charge >= 0.3 is 0 Å². The Bertz CT molecular complexity index is 1310. The molecule has 1 aromatic rings. The molecule has 1 atom stereocenters. The standard InChI is InChI=1S/C28H31N5O5/c1-18-6-8-21(16-29-18)38-24-5-3-4-11-35-12-10-20-15-30-23-13-25(34-2)33(28(20)32-23)26-19(14-31-24)7-9-22-27(26)37-17-36-22/h5-8,13-14,16,22H,3-4,9-12,15,17H2,1-2H3,(H,30,32). The molecule has 1 aliphatic carbocycles. The van der Waals surface area contributed by atoms with Gasteiger partial charge in [0.15, 0.2) is 12.6 Å². The summed E-state index contributed by atoms with van der Waals surface area (Å²) in [7, 11) is 1.66. The molecule has 4 aliphatic heterocycles. The van der Waals surface area contributed by atoms with Crippen LogP contribution in [0.3, 0.4) is 0 Å². The lowest BCUT2D eigenvalue weighted by molar-refractivity contribution is 0.0507. The fraction of sp³-hybridized carbons (Fsp3) is 0.393. The molecule has 198 valence electrons. The molecule has 0 saturated carbocycles. The van der Waals surface area contributed by atoms with Crippen molar-refractivity contribution in [2.75, 3.05) is 33.7 Å². The number of nitrogens with one attached hydrogen (secondary N) is 1. The van der Waals surface area contributed by atoms with Crippen LogP contribution in [0.1, 0.15) is 31.4 Å². The van der Waals surface area contributed by atoms with Crippen LogP contribution in [0.2, 0.25) is 0 Å². The van der Waals surface area contributed by atoms with Crippen LogP contribution in [-0.2, 0) is 18.9 Å². The van der Waals surface area contributed by atoms with Crippen LogP contribution >= 0.6 is 0 Å². The highest BCUT2D eigenvalue weighted by Gasteiger charge is 2.39. The molecule has 1 aromatic heterocycles. The largest absolute Gasteiger partial charge is 0.482 e. The van der Waals surface area contributed by atoms with E-state index >= 15 is 0 Å². The Balaban J connectivity index is 1.43. The summed E-state index contributed by atoms with van der Waals surface area (Å²) in [5.41, 5.74) is 3.76. The van der Waals surface area contributed by atoms with Crippen LogP contribution in [0.15, 0.2) is 86.7 Å². The number of allylic oxidation sites excluding steroid dienone is 2. The molecule has 10 heteroatoms. The maximum atomic E-state index is 6.12. The van der Waals surface area contributed by atoms with Gasteiger partial charge in [0.05, 0.1) is 32.2 Å². The van der Waals surface area contributed by atoms with Crippen LogP contribution in [-0.4, -0.2) is 61.7 Å². The summed E-state index contributed by atoms with van der Waals surface area (Å²) < 4.78 is 29.9. The fourth-order valence-electron chi connectivity index (χ4n) is 4.83. The second-order valence-electron chi connectivity index (χ2n) is 9.37. The number of ether oxygens (including phenoxy) is 5. The third kappa shape index (κ3) is 4.97. The summed E-state index contributed by atoms with van der Waals surface area (Å²) in [5, 5.41) is 3.47. The predicted molar refractivity (Wildman–Crippen MR) is 141 cm³/mol. The smallest absolute Gasteiger partial charge is 0.215 e. The van der Waals surface area contributed by atoms with Crippen molar-refractivity contribution >= 4 is 12.1 Å². The minimum atomic E-state index is -0.168. The number of pyridine rings is 1. The second kappa shape index (κ2) is 10.8. The summed E-state index contributed by atoms with van der Waals surface area (Å²) in [5.74, 6) is 4.19. The Kier molecular flexibility index (Phi) is 6.98. The molecule has 5 heterocycles. The van der Waals surface area contributed by atoms with Crippen LogP contribution in [0.25, 0.3) is 0 Å². The van der Waals surface area contributed by atoms with Crippen molar-refractivity contribution in [3.05, 3.63) is 82.4 Å². The summed E-state index contributed by atoms with van der Waals surface area (Å²) >= 11 is 0. The topological polar surface area (TPSA) is 99.0 Å². The molecule has 6 rings (SSSR count). The molecule has 2 bridgehead atoms. The van der Waals surface area contributed by atoms with Crippen molar-refractivity contribution < 1.29 is 23.7 Å². The molecule has 0 radical (unpaired) electrons. The fourth-order valence-corrected chi connectivity index (χ4v) is 4.83. The van der Waals surface area contributed by atoms with Crippen molar-refractivity contribution in [1.29, 1.82) is 0 Å². The van der Waals surface area contributed by atoms with Crippen LogP contribution in [0.4, 0.5) is 0 Å². The minimum Gasteiger partial charge on any atom is -0.482 e. The van der Waals surface area contributed by atoms with Gasteiger partial charge in [-0.15, -0.1) is 0 Å². The van der Waals surface area contributed by atoms with Crippen LogP contribution in [0.5, 0.6) is 5.75 Å². The number of aromatic nitrogens is 1. The molecule has 1 unspecified atom stereocenters. The van der Waals surface area contributed by atoms with Crippen LogP contribution < -0.4 is 10.1 Å². The first-order valence-corrected chi connectivity index (χ1v) is 12.9. The molecule has 1 fully saturated rings. The van der Waals surface area contributed by atoms with Gasteiger partial charge in [0.25, 0.3) is 0 Å². The lowest BCUT2D eigenvalue weighted by Crippen LogP contribution is -2.44. The molecule has 0 aromatic carbocycles. The average Bonchev–Trinajstić information content (AvgIpc) is 3.41. The van der Waals surface area contributed by atoms with E-state index in [-0.39, 0.29) is 12.9 Å². The van der Waals surface area contributed by atoms with E-state index in [0.29, 0.717) is 43.7 Å². The van der Waals surface area contributed by atoms with E-state index < -0.39 is 0 Å². The van der Waals surface area contributed by atoms with E-state index in [1.807, 2.05) is 37.4 Å². The Morgan fingerprint density at radius 3 is 3.00 bits per heavy atom. The van der Waals surface area contributed by atoms with E-state index in [1.54, 1.807) is 13.3 Å². The van der Waals surface area contributed by atoms with Crippen molar-refractivity contribution in [3.63, 3.8) is 0 Å². The molecule has 38 heavy (non-hydrogen) atoms. The molecule has 0 spiro atoms. The highest BCUT2D eigenvalue weighted by atomic mass is 16.7. The summed E-state index contributed by atoms with van der Waals surface area (Å²) in [6.45, 7) is 3.98. The molecular weight excluding hydrogens is 486 g/mol. The first kappa shape index (κ1) is 24.4. The third-order valence-electron chi connectivity index (χ3n) is 6.79. The summed E-state index contributed by atoms with van der Waals surface area (Å²) in [4.78, 5) is 15.9. The van der Waals surface area contributed by atoms with E-state index in [2.05, 4.69) is 26.3 Å². The van der Waals surface area contributed by atoms with E-state index in [0.717, 1.165) is 59.2 Å². The quantitative estimate of drug-likeness (QED) is 0.646. The number of fused-ring (bicyclic) bond motifs is 4. The lowest BCUT2D eigenvalue weighted by Gasteiger charge is -2.39. The Hall–Kier alpha value is -3.89. The van der Waals surface area contributed by atoms with Crippen molar-refractivity contribution in [2.45, 2.75) is 38.7 Å². The summed E-state index contributed by atoms with van der Waals surface area (Å²) in [6, 6.07) is 3.81. The maximum absolute atomic E-state index is 6.12. The zero-order chi connectivity index (χ0) is 25.9. The monoisotopic (exact) mass is 517 g/mol. The zero-order valence-electron chi connectivity index (χ0n) is 21.6. The third-order valence-corrected chi connectivity index (χ3v) is 6.79. The molecular formula is C28H31N5O5. The average molecular weight is 518 g/mol. The number of aliphatic imine (C=N–C) groups is 2. The van der Waals surface area contributed by atoms with Gasteiger partial charge in [-0.3, -0.25) is 14.9 Å². The summed E-state index contributed by atoms with van der Waals surface area (Å²) in [6.07, 6.45) is 12.4. The highest BCUT2D eigenvalue weighted by Crippen LogP contribution is 2.39. The van der Waals surface area contributed by atoms with Gasteiger partial charge in [0, 0.05) is 36.6 Å². The molecule has 1 N–H and O–H groups in total. The number of methoxy groups -OCH3 is 1. The SMILES string of the molecule is COC1=CC2=NCC3=C(N2)N1C1=C2OCOC2CC=C1C=NC(Oc1ccc(C)nc1)=CCCCOCC3. The normalized spacial score (nSPS) is 23.4. The number of rotatable bonds is 3. The van der Waals surface area contributed by atoms with Crippen molar-refractivity contribution in [2.24, 2.45) is 9.98 Å².